The summed E-state index contributed by atoms with van der Waals surface area (Å²) in [6, 6.07) is 3.61. The SMILES string of the molecule is O=S1(=O)CCC(n2c(CCCO)nc3cccnc32)C1. The minimum absolute atomic E-state index is 0.0893. The van der Waals surface area contributed by atoms with E-state index in [1.54, 1.807) is 6.20 Å². The Morgan fingerprint density at radius 1 is 1.45 bits per heavy atom. The summed E-state index contributed by atoms with van der Waals surface area (Å²) in [5, 5.41) is 8.99. The molecule has 3 heterocycles. The maximum absolute atomic E-state index is 11.7. The summed E-state index contributed by atoms with van der Waals surface area (Å²) in [7, 11) is -2.95. The van der Waals surface area contributed by atoms with Gasteiger partial charge in [0.2, 0.25) is 0 Å². The number of aromatic nitrogens is 3. The van der Waals surface area contributed by atoms with Gasteiger partial charge in [0, 0.05) is 19.2 Å². The topological polar surface area (TPSA) is 85.1 Å². The van der Waals surface area contributed by atoms with E-state index >= 15 is 0 Å². The lowest BCUT2D eigenvalue weighted by molar-refractivity contribution is 0.286. The van der Waals surface area contributed by atoms with E-state index in [1.165, 1.54) is 0 Å². The van der Waals surface area contributed by atoms with E-state index in [2.05, 4.69) is 9.97 Å². The maximum atomic E-state index is 11.7. The van der Waals surface area contributed by atoms with Crippen LogP contribution < -0.4 is 0 Å². The van der Waals surface area contributed by atoms with Crippen LogP contribution >= 0.6 is 0 Å². The molecule has 1 saturated heterocycles. The fourth-order valence-corrected chi connectivity index (χ4v) is 4.45. The van der Waals surface area contributed by atoms with Gasteiger partial charge in [-0.15, -0.1) is 0 Å². The second kappa shape index (κ2) is 5.14. The maximum Gasteiger partial charge on any atom is 0.160 e. The first-order valence-electron chi connectivity index (χ1n) is 6.74. The van der Waals surface area contributed by atoms with Crippen LogP contribution in [0.25, 0.3) is 11.2 Å². The molecule has 0 radical (unpaired) electrons. The second-order valence-corrected chi connectivity index (χ2v) is 7.36. The second-order valence-electron chi connectivity index (χ2n) is 5.13. The van der Waals surface area contributed by atoms with Crippen molar-refractivity contribution in [2.45, 2.75) is 25.3 Å². The van der Waals surface area contributed by atoms with E-state index in [9.17, 15) is 8.42 Å². The van der Waals surface area contributed by atoms with Crippen molar-refractivity contribution in [1.82, 2.24) is 14.5 Å². The first-order chi connectivity index (χ1) is 9.61. The molecular formula is C13H17N3O3S. The van der Waals surface area contributed by atoms with E-state index < -0.39 is 9.84 Å². The summed E-state index contributed by atoms with van der Waals surface area (Å²) in [5.41, 5.74) is 1.52. The number of rotatable bonds is 4. The summed E-state index contributed by atoms with van der Waals surface area (Å²) in [4.78, 5) is 8.88. The molecule has 0 aromatic carbocycles. The van der Waals surface area contributed by atoms with Crippen molar-refractivity contribution >= 4 is 21.0 Å². The lowest BCUT2D eigenvalue weighted by Crippen LogP contribution is -2.14. The number of fused-ring (bicyclic) bond motifs is 1. The fraction of sp³-hybridized carbons (Fsp3) is 0.538. The van der Waals surface area contributed by atoms with Crippen molar-refractivity contribution in [3.05, 3.63) is 24.2 Å². The summed E-state index contributed by atoms with van der Waals surface area (Å²) in [6.45, 7) is 0.0968. The molecule has 1 fully saturated rings. The number of hydrogen-bond acceptors (Lipinski definition) is 5. The molecule has 2 aromatic rings. The molecule has 1 atom stereocenters. The van der Waals surface area contributed by atoms with Crippen LogP contribution in [0.3, 0.4) is 0 Å². The van der Waals surface area contributed by atoms with Crippen molar-refractivity contribution in [3.8, 4) is 0 Å². The zero-order chi connectivity index (χ0) is 14.2. The Labute approximate surface area is 117 Å². The van der Waals surface area contributed by atoms with Crippen molar-refractivity contribution in [2.75, 3.05) is 18.1 Å². The van der Waals surface area contributed by atoms with Gasteiger partial charge in [-0.05, 0) is 25.0 Å². The van der Waals surface area contributed by atoms with Crippen LogP contribution in [-0.4, -0.2) is 46.2 Å². The summed E-state index contributed by atoms with van der Waals surface area (Å²) in [5.74, 6) is 1.19. The van der Waals surface area contributed by atoms with E-state index in [0.717, 1.165) is 17.0 Å². The predicted octanol–water partition coefficient (Wildman–Crippen LogP) is 0.716. The lowest BCUT2D eigenvalue weighted by atomic mass is 10.2. The van der Waals surface area contributed by atoms with Gasteiger partial charge >= 0.3 is 0 Å². The monoisotopic (exact) mass is 295 g/mol. The zero-order valence-electron chi connectivity index (χ0n) is 11.1. The zero-order valence-corrected chi connectivity index (χ0v) is 11.9. The summed E-state index contributed by atoms with van der Waals surface area (Å²) >= 11 is 0. The molecule has 0 aliphatic carbocycles. The van der Waals surface area contributed by atoms with E-state index in [1.807, 2.05) is 16.7 Å². The molecule has 0 saturated carbocycles. The van der Waals surface area contributed by atoms with Gasteiger partial charge < -0.3 is 9.67 Å². The van der Waals surface area contributed by atoms with Crippen LogP contribution in [0.1, 0.15) is 24.7 Å². The third-order valence-corrected chi connectivity index (χ3v) is 5.40. The number of hydrogen-bond donors (Lipinski definition) is 1. The van der Waals surface area contributed by atoms with Crippen LogP contribution in [0.15, 0.2) is 18.3 Å². The van der Waals surface area contributed by atoms with Crippen molar-refractivity contribution in [3.63, 3.8) is 0 Å². The van der Waals surface area contributed by atoms with Gasteiger partial charge in [-0.2, -0.15) is 0 Å². The van der Waals surface area contributed by atoms with E-state index in [0.29, 0.717) is 19.3 Å². The van der Waals surface area contributed by atoms with Gasteiger partial charge in [-0.3, -0.25) is 0 Å². The van der Waals surface area contributed by atoms with E-state index in [-0.39, 0.29) is 24.2 Å². The van der Waals surface area contributed by atoms with Crippen molar-refractivity contribution in [2.24, 2.45) is 0 Å². The Hall–Kier alpha value is -1.47. The highest BCUT2D eigenvalue weighted by molar-refractivity contribution is 7.91. The van der Waals surface area contributed by atoms with Crippen LogP contribution in [-0.2, 0) is 16.3 Å². The molecule has 1 aliphatic heterocycles. The first-order valence-corrected chi connectivity index (χ1v) is 8.56. The Kier molecular flexibility index (Phi) is 3.47. The third-order valence-electron chi connectivity index (χ3n) is 3.65. The largest absolute Gasteiger partial charge is 0.396 e. The Balaban J connectivity index is 2.06. The molecule has 20 heavy (non-hydrogen) atoms. The summed E-state index contributed by atoms with van der Waals surface area (Å²) < 4.78 is 25.4. The highest BCUT2D eigenvalue weighted by atomic mass is 32.2. The minimum Gasteiger partial charge on any atom is -0.396 e. The molecule has 0 bridgehead atoms. The third kappa shape index (κ3) is 2.43. The number of aliphatic hydroxyl groups excluding tert-OH is 1. The van der Waals surface area contributed by atoms with Crippen molar-refractivity contribution in [1.29, 1.82) is 0 Å². The van der Waals surface area contributed by atoms with Crippen molar-refractivity contribution < 1.29 is 13.5 Å². The molecule has 3 rings (SSSR count). The predicted molar refractivity (Wildman–Crippen MR) is 75.2 cm³/mol. The van der Waals surface area contributed by atoms with Crippen LogP contribution in [0, 0.1) is 0 Å². The van der Waals surface area contributed by atoms with Gasteiger partial charge in [0.05, 0.1) is 17.5 Å². The molecular weight excluding hydrogens is 278 g/mol. The molecule has 1 aliphatic rings. The molecule has 7 heteroatoms. The molecule has 1 N–H and O–H groups in total. The number of sulfone groups is 1. The average molecular weight is 295 g/mol. The number of pyridine rings is 1. The molecule has 0 amide bonds. The standard InChI is InChI=1S/C13H17N3O3S/c17-7-2-4-12-15-11-3-1-6-14-13(11)16(12)10-5-8-20(18,19)9-10/h1,3,6,10,17H,2,4-5,7-9H2. The van der Waals surface area contributed by atoms with Gasteiger partial charge in [0.1, 0.15) is 11.3 Å². The molecule has 0 spiro atoms. The van der Waals surface area contributed by atoms with Crippen LogP contribution in [0.5, 0.6) is 0 Å². The molecule has 1 unspecified atom stereocenters. The average Bonchev–Trinajstić information content (AvgIpc) is 2.95. The number of nitrogens with zero attached hydrogens (tertiary/aromatic N) is 3. The molecule has 2 aromatic heterocycles. The molecule has 108 valence electrons. The number of imidazole rings is 1. The normalized spacial score (nSPS) is 21.6. The first kappa shape index (κ1) is 13.5. The quantitative estimate of drug-likeness (QED) is 0.898. The van der Waals surface area contributed by atoms with Gasteiger partial charge in [-0.1, -0.05) is 0 Å². The number of aliphatic hydroxyl groups is 1. The Bertz CT molecular complexity index is 724. The Morgan fingerprint density at radius 2 is 2.30 bits per heavy atom. The van der Waals surface area contributed by atoms with Gasteiger partial charge in [-0.25, -0.2) is 18.4 Å². The fourth-order valence-electron chi connectivity index (χ4n) is 2.75. The lowest BCUT2D eigenvalue weighted by Gasteiger charge is -2.14. The molecule has 6 nitrogen and oxygen atoms in total. The Morgan fingerprint density at radius 3 is 3.00 bits per heavy atom. The van der Waals surface area contributed by atoms with Gasteiger partial charge in [0.15, 0.2) is 15.5 Å². The summed E-state index contributed by atoms with van der Waals surface area (Å²) in [6.07, 6.45) is 3.54. The number of aryl methyl sites for hydroxylation is 1. The highest BCUT2D eigenvalue weighted by Crippen LogP contribution is 2.28. The smallest absolute Gasteiger partial charge is 0.160 e. The van der Waals surface area contributed by atoms with Crippen LogP contribution in [0.4, 0.5) is 0 Å². The minimum atomic E-state index is -2.95. The van der Waals surface area contributed by atoms with Crippen LogP contribution in [0.2, 0.25) is 0 Å². The van der Waals surface area contributed by atoms with E-state index in [4.69, 9.17) is 5.11 Å². The highest BCUT2D eigenvalue weighted by Gasteiger charge is 2.31. The van der Waals surface area contributed by atoms with Gasteiger partial charge in [0.25, 0.3) is 0 Å².